The summed E-state index contributed by atoms with van der Waals surface area (Å²) in [6.45, 7) is 2.04. The third kappa shape index (κ3) is 2.72. The first-order valence-corrected chi connectivity index (χ1v) is 4.51. The van der Waals surface area contributed by atoms with Crippen molar-refractivity contribution in [1.82, 2.24) is 16.0 Å². The van der Waals surface area contributed by atoms with E-state index in [1.807, 2.05) is 6.92 Å². The Bertz CT molecular complexity index is 265. The van der Waals surface area contributed by atoms with Crippen LogP contribution in [0.4, 0.5) is 4.79 Å². The fourth-order valence-electron chi connectivity index (χ4n) is 1.13. The number of nitrogens with one attached hydrogen (secondary N) is 3. The number of urea groups is 1. The lowest BCUT2D eigenvalue weighted by atomic mass is 10.2. The maximum absolute atomic E-state index is 11.0. The van der Waals surface area contributed by atoms with Gasteiger partial charge in [0.1, 0.15) is 6.04 Å². The van der Waals surface area contributed by atoms with Gasteiger partial charge >= 0.3 is 6.03 Å². The summed E-state index contributed by atoms with van der Waals surface area (Å²) in [7, 11) is 0. The molecule has 1 aliphatic heterocycles. The average Bonchev–Trinajstić information content (AvgIpc) is 2.42. The Hall–Kier alpha value is -1.59. The van der Waals surface area contributed by atoms with Gasteiger partial charge in [-0.1, -0.05) is 6.92 Å². The summed E-state index contributed by atoms with van der Waals surface area (Å²) in [5.41, 5.74) is 0. The number of hydrogen-bond acceptors (Lipinski definition) is 3. The number of carbonyl (C=O) groups excluding carboxylic acids is 3. The molecule has 0 aromatic rings. The summed E-state index contributed by atoms with van der Waals surface area (Å²) in [4.78, 5) is 32.7. The fraction of sp³-hybridized carbons (Fsp3) is 0.625. The van der Waals surface area contributed by atoms with Gasteiger partial charge in [-0.25, -0.2) is 4.79 Å². The Morgan fingerprint density at radius 1 is 1.50 bits per heavy atom. The Kier molecular flexibility index (Phi) is 3.44. The predicted molar refractivity (Wildman–Crippen MR) is 48.4 cm³/mol. The molecular weight excluding hydrogens is 186 g/mol. The normalized spacial score (nSPS) is 20.2. The van der Waals surface area contributed by atoms with E-state index in [0.717, 1.165) is 6.42 Å². The number of rotatable bonds is 4. The molecule has 1 unspecified atom stereocenters. The van der Waals surface area contributed by atoms with Gasteiger partial charge in [-0.15, -0.1) is 0 Å². The summed E-state index contributed by atoms with van der Waals surface area (Å²) in [5.74, 6) is -0.506. The smallest absolute Gasteiger partial charge is 0.322 e. The minimum Gasteiger partial charge on any atom is -0.353 e. The van der Waals surface area contributed by atoms with Crippen LogP contribution in [0.25, 0.3) is 0 Å². The number of carbonyl (C=O) groups is 3. The summed E-state index contributed by atoms with van der Waals surface area (Å²) in [6, 6.07) is -1.15. The van der Waals surface area contributed by atoms with Gasteiger partial charge in [-0.2, -0.15) is 0 Å². The van der Waals surface area contributed by atoms with Crippen LogP contribution >= 0.6 is 0 Å². The van der Waals surface area contributed by atoms with E-state index in [1.165, 1.54) is 0 Å². The van der Waals surface area contributed by atoms with Gasteiger partial charge < -0.3 is 10.6 Å². The molecule has 14 heavy (non-hydrogen) atoms. The van der Waals surface area contributed by atoms with Gasteiger partial charge in [0.25, 0.3) is 5.91 Å². The molecule has 1 saturated heterocycles. The van der Waals surface area contributed by atoms with Crippen LogP contribution < -0.4 is 16.0 Å². The van der Waals surface area contributed by atoms with Crippen molar-refractivity contribution in [3.8, 4) is 0 Å². The zero-order valence-electron chi connectivity index (χ0n) is 7.92. The maximum Gasteiger partial charge on any atom is 0.322 e. The molecule has 4 amide bonds. The van der Waals surface area contributed by atoms with Crippen LogP contribution in [0.2, 0.25) is 0 Å². The number of imide groups is 1. The van der Waals surface area contributed by atoms with Gasteiger partial charge in [0.2, 0.25) is 5.91 Å². The van der Waals surface area contributed by atoms with E-state index in [9.17, 15) is 14.4 Å². The zero-order chi connectivity index (χ0) is 10.6. The average molecular weight is 199 g/mol. The maximum atomic E-state index is 11.0. The highest BCUT2D eigenvalue weighted by Gasteiger charge is 2.29. The molecule has 0 bridgehead atoms. The SMILES string of the molecule is CCCC(=O)NCC1NC(=O)NC1=O. The molecule has 1 rings (SSSR count). The predicted octanol–water partition coefficient (Wildman–Crippen LogP) is -0.889. The van der Waals surface area contributed by atoms with Crippen molar-refractivity contribution < 1.29 is 14.4 Å². The van der Waals surface area contributed by atoms with Crippen LogP contribution in [0, 0.1) is 0 Å². The fourth-order valence-corrected chi connectivity index (χ4v) is 1.13. The molecule has 0 aromatic heterocycles. The molecule has 3 N–H and O–H groups in total. The van der Waals surface area contributed by atoms with Crippen molar-refractivity contribution in [2.75, 3.05) is 6.54 Å². The third-order valence-electron chi connectivity index (χ3n) is 1.84. The van der Waals surface area contributed by atoms with E-state index in [0.29, 0.717) is 6.42 Å². The van der Waals surface area contributed by atoms with Crippen LogP contribution in [-0.4, -0.2) is 30.4 Å². The first-order chi connectivity index (χ1) is 6.63. The Balaban J connectivity index is 2.28. The lowest BCUT2D eigenvalue weighted by molar-refractivity contribution is -0.122. The van der Waals surface area contributed by atoms with E-state index in [-0.39, 0.29) is 12.5 Å². The summed E-state index contributed by atoms with van der Waals surface area (Å²) in [6.07, 6.45) is 1.19. The highest BCUT2D eigenvalue weighted by Crippen LogP contribution is 1.92. The van der Waals surface area contributed by atoms with Gasteiger partial charge in [0, 0.05) is 13.0 Å². The molecule has 6 heteroatoms. The Morgan fingerprint density at radius 3 is 2.71 bits per heavy atom. The van der Waals surface area contributed by atoms with Crippen molar-refractivity contribution in [2.45, 2.75) is 25.8 Å². The molecule has 0 aromatic carbocycles. The Labute approximate surface area is 81.4 Å². The lowest BCUT2D eigenvalue weighted by Gasteiger charge is -2.08. The van der Waals surface area contributed by atoms with Gasteiger partial charge in [0.15, 0.2) is 0 Å². The van der Waals surface area contributed by atoms with Crippen LogP contribution in [0.5, 0.6) is 0 Å². The molecule has 1 aliphatic rings. The van der Waals surface area contributed by atoms with Crippen molar-refractivity contribution in [1.29, 1.82) is 0 Å². The first-order valence-electron chi connectivity index (χ1n) is 4.51. The quantitative estimate of drug-likeness (QED) is 0.513. The summed E-state index contributed by atoms with van der Waals surface area (Å²) in [5, 5.41) is 7.03. The lowest BCUT2D eigenvalue weighted by Crippen LogP contribution is -2.41. The molecule has 1 atom stereocenters. The highest BCUT2D eigenvalue weighted by molar-refractivity contribution is 6.04. The van der Waals surface area contributed by atoms with Crippen LogP contribution in [0.3, 0.4) is 0 Å². The van der Waals surface area contributed by atoms with Crippen molar-refractivity contribution in [2.24, 2.45) is 0 Å². The second-order valence-electron chi connectivity index (χ2n) is 3.07. The van der Waals surface area contributed by atoms with Crippen LogP contribution in [-0.2, 0) is 9.59 Å². The minimum atomic E-state index is -0.636. The van der Waals surface area contributed by atoms with E-state index in [4.69, 9.17) is 0 Å². The highest BCUT2D eigenvalue weighted by atomic mass is 16.2. The van der Waals surface area contributed by atoms with Crippen LogP contribution in [0.15, 0.2) is 0 Å². The van der Waals surface area contributed by atoms with E-state index in [2.05, 4.69) is 16.0 Å². The van der Waals surface area contributed by atoms with Crippen LogP contribution in [0.1, 0.15) is 19.8 Å². The second kappa shape index (κ2) is 4.59. The monoisotopic (exact) mass is 199 g/mol. The molecule has 0 radical (unpaired) electrons. The summed E-state index contributed by atoms with van der Waals surface area (Å²) < 4.78 is 0. The number of amides is 4. The molecule has 1 heterocycles. The molecule has 1 fully saturated rings. The van der Waals surface area contributed by atoms with Crippen molar-refractivity contribution in [3.63, 3.8) is 0 Å². The number of hydrogen-bond donors (Lipinski definition) is 3. The van der Waals surface area contributed by atoms with Gasteiger partial charge in [-0.05, 0) is 6.42 Å². The third-order valence-corrected chi connectivity index (χ3v) is 1.84. The molecular formula is C8H13N3O3. The minimum absolute atomic E-state index is 0.110. The van der Waals surface area contributed by atoms with Gasteiger partial charge in [0.05, 0.1) is 0 Å². The zero-order valence-corrected chi connectivity index (χ0v) is 7.92. The van der Waals surface area contributed by atoms with Gasteiger partial charge in [-0.3, -0.25) is 14.9 Å². The first kappa shape index (κ1) is 10.5. The van der Waals surface area contributed by atoms with E-state index in [1.54, 1.807) is 0 Å². The molecule has 6 nitrogen and oxygen atoms in total. The molecule has 0 spiro atoms. The second-order valence-corrected chi connectivity index (χ2v) is 3.07. The Morgan fingerprint density at radius 2 is 2.21 bits per heavy atom. The molecule has 0 saturated carbocycles. The van der Waals surface area contributed by atoms with E-state index < -0.39 is 18.0 Å². The van der Waals surface area contributed by atoms with Crippen molar-refractivity contribution in [3.05, 3.63) is 0 Å². The molecule has 78 valence electrons. The molecule has 0 aliphatic carbocycles. The largest absolute Gasteiger partial charge is 0.353 e. The topological polar surface area (TPSA) is 87.3 Å². The standard InChI is InChI=1S/C8H13N3O3/c1-2-3-6(12)9-4-5-7(13)11-8(14)10-5/h5H,2-4H2,1H3,(H,9,12)(H2,10,11,13,14). The van der Waals surface area contributed by atoms with E-state index >= 15 is 0 Å². The summed E-state index contributed by atoms with van der Waals surface area (Å²) >= 11 is 0. The van der Waals surface area contributed by atoms with Crippen molar-refractivity contribution >= 4 is 17.8 Å².